The van der Waals surface area contributed by atoms with Crippen LogP contribution in [0, 0.1) is 5.82 Å². The van der Waals surface area contributed by atoms with Crippen LogP contribution >= 0.6 is 0 Å². The van der Waals surface area contributed by atoms with Crippen molar-refractivity contribution >= 4 is 29.3 Å². The maximum Gasteiger partial charge on any atom is 0.265 e. The molecule has 4 aliphatic rings. The van der Waals surface area contributed by atoms with Crippen LogP contribution in [0.4, 0.5) is 10.1 Å². The lowest BCUT2D eigenvalue weighted by molar-refractivity contribution is -0.136. The number of rotatable bonds is 2. The van der Waals surface area contributed by atoms with Gasteiger partial charge in [-0.1, -0.05) is 0 Å². The minimum Gasteiger partial charge on any atom is -0.363 e. The molecule has 1 aromatic carbocycles. The molecule has 4 aliphatic heterocycles. The SMILES string of the molecule is O=C1CCC(N2C(=O)c3ccc(N4CC5CC4CN5)c(F)c3C2=O)C(=O)N1. The molecule has 4 heterocycles. The lowest BCUT2D eigenvalue weighted by Crippen LogP contribution is -2.54. The molecule has 2 N–H and O–H groups in total. The van der Waals surface area contributed by atoms with Crippen molar-refractivity contribution in [1.82, 2.24) is 15.5 Å². The average molecular weight is 372 g/mol. The van der Waals surface area contributed by atoms with Gasteiger partial charge in [-0.15, -0.1) is 0 Å². The van der Waals surface area contributed by atoms with Gasteiger partial charge in [0.2, 0.25) is 11.8 Å². The van der Waals surface area contributed by atoms with E-state index in [9.17, 15) is 19.2 Å². The van der Waals surface area contributed by atoms with Crippen LogP contribution < -0.4 is 15.5 Å². The largest absolute Gasteiger partial charge is 0.363 e. The molecule has 3 atom stereocenters. The molecule has 3 unspecified atom stereocenters. The Labute approximate surface area is 153 Å². The van der Waals surface area contributed by atoms with E-state index in [1.807, 2.05) is 4.90 Å². The molecular formula is C18H17FN4O4. The third-order valence-electron chi connectivity index (χ3n) is 5.89. The molecule has 5 rings (SSSR count). The van der Waals surface area contributed by atoms with E-state index < -0.39 is 35.5 Å². The van der Waals surface area contributed by atoms with Gasteiger partial charge in [-0.2, -0.15) is 0 Å². The third-order valence-corrected chi connectivity index (χ3v) is 5.89. The highest BCUT2D eigenvalue weighted by Gasteiger charge is 2.47. The van der Waals surface area contributed by atoms with Gasteiger partial charge in [0.25, 0.3) is 11.8 Å². The van der Waals surface area contributed by atoms with Crippen molar-refractivity contribution in [3.63, 3.8) is 0 Å². The Bertz CT molecular complexity index is 917. The zero-order valence-corrected chi connectivity index (χ0v) is 14.3. The van der Waals surface area contributed by atoms with Crippen LogP contribution in [0.3, 0.4) is 0 Å². The number of carbonyl (C=O) groups is 4. The van der Waals surface area contributed by atoms with Gasteiger partial charge in [-0.05, 0) is 25.0 Å². The second-order valence-electron chi connectivity index (χ2n) is 7.42. The molecule has 0 saturated carbocycles. The Kier molecular flexibility index (Phi) is 3.39. The van der Waals surface area contributed by atoms with Crippen molar-refractivity contribution < 1.29 is 23.6 Å². The maximum atomic E-state index is 15.3. The summed E-state index contributed by atoms with van der Waals surface area (Å²) in [7, 11) is 0. The number of amides is 4. The number of nitrogens with zero attached hydrogens (tertiary/aromatic N) is 2. The number of hydrogen-bond acceptors (Lipinski definition) is 6. The highest BCUT2D eigenvalue weighted by molar-refractivity contribution is 6.24. The van der Waals surface area contributed by atoms with Crippen LogP contribution in [0.2, 0.25) is 0 Å². The lowest BCUT2D eigenvalue weighted by atomic mass is 10.0. The number of nitrogens with one attached hydrogen (secondary N) is 2. The van der Waals surface area contributed by atoms with Gasteiger partial charge >= 0.3 is 0 Å². The van der Waals surface area contributed by atoms with Gasteiger partial charge in [-0.25, -0.2) is 4.39 Å². The zero-order valence-electron chi connectivity index (χ0n) is 14.3. The molecule has 0 aromatic heterocycles. The minimum absolute atomic E-state index is 0.0292. The Morgan fingerprint density at radius 2 is 1.93 bits per heavy atom. The Morgan fingerprint density at radius 1 is 1.11 bits per heavy atom. The molecule has 140 valence electrons. The number of fused-ring (bicyclic) bond motifs is 3. The molecule has 3 fully saturated rings. The summed E-state index contributed by atoms with van der Waals surface area (Å²) >= 11 is 0. The van der Waals surface area contributed by atoms with E-state index in [1.54, 1.807) is 0 Å². The molecule has 0 radical (unpaired) electrons. The highest BCUT2D eigenvalue weighted by Crippen LogP contribution is 2.37. The number of halogens is 1. The first-order valence-corrected chi connectivity index (χ1v) is 9.00. The van der Waals surface area contributed by atoms with Gasteiger partial charge in [-0.3, -0.25) is 29.4 Å². The molecular weight excluding hydrogens is 355 g/mol. The zero-order chi connectivity index (χ0) is 18.9. The van der Waals surface area contributed by atoms with E-state index in [0.717, 1.165) is 17.9 Å². The maximum absolute atomic E-state index is 15.3. The smallest absolute Gasteiger partial charge is 0.265 e. The summed E-state index contributed by atoms with van der Waals surface area (Å²) in [4.78, 5) is 51.7. The Balaban J connectivity index is 1.50. The molecule has 9 heteroatoms. The Morgan fingerprint density at radius 3 is 2.59 bits per heavy atom. The fourth-order valence-corrected chi connectivity index (χ4v) is 4.58. The van der Waals surface area contributed by atoms with E-state index in [0.29, 0.717) is 18.3 Å². The quantitative estimate of drug-likeness (QED) is 0.697. The Hall–Kier alpha value is -2.81. The van der Waals surface area contributed by atoms with E-state index in [-0.39, 0.29) is 30.0 Å². The van der Waals surface area contributed by atoms with E-state index in [4.69, 9.17) is 0 Å². The normalized spacial score (nSPS) is 29.6. The van der Waals surface area contributed by atoms with Crippen LogP contribution in [0.1, 0.15) is 40.0 Å². The van der Waals surface area contributed by atoms with Crippen molar-refractivity contribution in [2.24, 2.45) is 0 Å². The monoisotopic (exact) mass is 372 g/mol. The first-order valence-electron chi connectivity index (χ1n) is 9.00. The number of anilines is 1. The molecule has 27 heavy (non-hydrogen) atoms. The lowest BCUT2D eigenvalue weighted by Gasteiger charge is -2.30. The van der Waals surface area contributed by atoms with Gasteiger partial charge in [0.1, 0.15) is 6.04 Å². The summed E-state index contributed by atoms with van der Waals surface area (Å²) < 4.78 is 15.3. The summed E-state index contributed by atoms with van der Waals surface area (Å²) in [5.74, 6) is -3.37. The van der Waals surface area contributed by atoms with Crippen LogP contribution in [-0.4, -0.2) is 59.7 Å². The molecule has 0 aliphatic carbocycles. The van der Waals surface area contributed by atoms with Gasteiger partial charge in [0, 0.05) is 31.6 Å². The average Bonchev–Trinajstić information content (AvgIpc) is 3.31. The molecule has 1 aromatic rings. The van der Waals surface area contributed by atoms with Crippen LogP contribution in [0.25, 0.3) is 0 Å². The molecule has 2 bridgehead atoms. The van der Waals surface area contributed by atoms with Crippen molar-refractivity contribution in [2.75, 3.05) is 18.0 Å². The number of carbonyl (C=O) groups excluding carboxylic acids is 4. The highest BCUT2D eigenvalue weighted by atomic mass is 19.1. The van der Waals surface area contributed by atoms with Gasteiger partial charge in [0.05, 0.1) is 16.8 Å². The van der Waals surface area contributed by atoms with Gasteiger partial charge < -0.3 is 10.2 Å². The van der Waals surface area contributed by atoms with E-state index in [1.165, 1.54) is 12.1 Å². The van der Waals surface area contributed by atoms with Crippen molar-refractivity contribution in [1.29, 1.82) is 0 Å². The second kappa shape index (κ2) is 5.59. The van der Waals surface area contributed by atoms with Crippen LogP contribution in [-0.2, 0) is 9.59 Å². The van der Waals surface area contributed by atoms with Gasteiger partial charge in [0.15, 0.2) is 5.82 Å². The predicted octanol–water partition coefficient (Wildman–Crippen LogP) is -0.223. The topological polar surface area (TPSA) is 98.8 Å². The van der Waals surface area contributed by atoms with Crippen molar-refractivity contribution in [3.05, 3.63) is 29.1 Å². The summed E-state index contributed by atoms with van der Waals surface area (Å²) in [6, 6.07) is 2.37. The number of piperidine rings is 1. The van der Waals surface area contributed by atoms with Crippen LogP contribution in [0.15, 0.2) is 12.1 Å². The molecule has 8 nitrogen and oxygen atoms in total. The first-order chi connectivity index (χ1) is 13.0. The minimum atomic E-state index is -1.09. The predicted molar refractivity (Wildman–Crippen MR) is 90.6 cm³/mol. The summed E-state index contributed by atoms with van der Waals surface area (Å²) in [5, 5.41) is 5.47. The van der Waals surface area contributed by atoms with Crippen molar-refractivity contribution in [2.45, 2.75) is 37.4 Å². The fourth-order valence-electron chi connectivity index (χ4n) is 4.58. The first kappa shape index (κ1) is 16.4. The molecule has 3 saturated heterocycles. The molecule has 4 amide bonds. The standard InChI is InChI=1S/C18H17FN4O4/c19-15-11(22-7-8-5-9(22)6-20-8)2-1-10-14(15)18(27)23(17(10)26)12-3-4-13(24)21-16(12)25/h1-2,8-9,12,20H,3-7H2,(H,21,24,25). The fraction of sp³-hybridized carbons (Fsp3) is 0.444. The summed E-state index contributed by atoms with van der Waals surface area (Å²) in [6.07, 6.45) is 0.999. The third kappa shape index (κ3) is 2.24. The molecule has 0 spiro atoms. The second-order valence-corrected chi connectivity index (χ2v) is 7.42. The number of piperazine rings is 1. The van der Waals surface area contributed by atoms with Crippen molar-refractivity contribution in [3.8, 4) is 0 Å². The van der Waals surface area contributed by atoms with Crippen LogP contribution in [0.5, 0.6) is 0 Å². The number of benzene rings is 1. The van der Waals surface area contributed by atoms with E-state index in [2.05, 4.69) is 10.6 Å². The summed E-state index contributed by atoms with van der Waals surface area (Å²) in [5.41, 5.74) is 0.000359. The number of hydrogen-bond donors (Lipinski definition) is 2. The number of imide groups is 2. The summed E-state index contributed by atoms with van der Waals surface area (Å²) in [6.45, 7) is 1.41. The van der Waals surface area contributed by atoms with E-state index >= 15 is 4.39 Å².